The molecular formula is C11H22ClNO. The van der Waals surface area contributed by atoms with Crippen LogP contribution >= 0.6 is 11.6 Å². The summed E-state index contributed by atoms with van der Waals surface area (Å²) in [7, 11) is 0. The van der Waals surface area contributed by atoms with E-state index in [0.717, 1.165) is 19.3 Å². The maximum absolute atomic E-state index is 11.4. The Hall–Kier alpha value is -0.240. The average molecular weight is 220 g/mol. The lowest BCUT2D eigenvalue weighted by molar-refractivity contribution is -0.122. The van der Waals surface area contributed by atoms with Crippen LogP contribution < -0.4 is 5.32 Å². The van der Waals surface area contributed by atoms with Gasteiger partial charge in [0.25, 0.3) is 0 Å². The van der Waals surface area contributed by atoms with Gasteiger partial charge in [-0.3, -0.25) is 4.79 Å². The standard InChI is InChI=1S/C11H22ClNO/c1-4-5-6-7-11(14)13-10(8-12)9(2)3/h9-10H,4-8H2,1-3H3,(H,13,14). The third-order valence-electron chi connectivity index (χ3n) is 2.32. The fourth-order valence-corrected chi connectivity index (χ4v) is 1.63. The lowest BCUT2D eigenvalue weighted by Crippen LogP contribution is -2.39. The number of carbonyl (C=O) groups excluding carboxylic acids is 1. The van der Waals surface area contributed by atoms with Crippen LogP contribution in [0.4, 0.5) is 0 Å². The SMILES string of the molecule is CCCCCC(=O)NC(CCl)C(C)C. The van der Waals surface area contributed by atoms with E-state index in [0.29, 0.717) is 18.2 Å². The predicted molar refractivity (Wildman–Crippen MR) is 61.6 cm³/mol. The zero-order valence-electron chi connectivity index (χ0n) is 9.48. The van der Waals surface area contributed by atoms with Gasteiger partial charge in [0.1, 0.15) is 0 Å². The van der Waals surface area contributed by atoms with Crippen LogP contribution in [-0.2, 0) is 4.79 Å². The molecule has 3 heteroatoms. The fraction of sp³-hybridized carbons (Fsp3) is 0.909. The van der Waals surface area contributed by atoms with E-state index in [1.54, 1.807) is 0 Å². The first-order chi connectivity index (χ1) is 6.61. The monoisotopic (exact) mass is 219 g/mol. The molecule has 0 rings (SSSR count). The summed E-state index contributed by atoms with van der Waals surface area (Å²) in [6.07, 6.45) is 3.89. The summed E-state index contributed by atoms with van der Waals surface area (Å²) in [5, 5.41) is 2.95. The van der Waals surface area contributed by atoms with Crippen molar-refractivity contribution in [3.8, 4) is 0 Å². The van der Waals surface area contributed by atoms with Crippen LogP contribution in [0.3, 0.4) is 0 Å². The van der Waals surface area contributed by atoms with E-state index < -0.39 is 0 Å². The van der Waals surface area contributed by atoms with Gasteiger partial charge in [0.05, 0.1) is 0 Å². The van der Waals surface area contributed by atoms with Crippen LogP contribution in [0.2, 0.25) is 0 Å². The summed E-state index contributed by atoms with van der Waals surface area (Å²) in [4.78, 5) is 11.4. The topological polar surface area (TPSA) is 29.1 Å². The molecule has 1 N–H and O–H groups in total. The summed E-state index contributed by atoms with van der Waals surface area (Å²) in [5.74, 6) is 1.04. The third kappa shape index (κ3) is 6.25. The molecule has 0 saturated carbocycles. The molecule has 0 aromatic rings. The van der Waals surface area contributed by atoms with E-state index in [1.807, 2.05) is 0 Å². The second-order valence-corrected chi connectivity index (χ2v) is 4.34. The Kier molecular flexibility index (Phi) is 7.96. The number of hydrogen-bond acceptors (Lipinski definition) is 1. The van der Waals surface area contributed by atoms with Gasteiger partial charge in [0, 0.05) is 18.3 Å². The quantitative estimate of drug-likeness (QED) is 0.518. The molecular weight excluding hydrogens is 198 g/mol. The molecule has 0 heterocycles. The minimum absolute atomic E-state index is 0.116. The minimum atomic E-state index is 0.116. The molecule has 1 atom stereocenters. The van der Waals surface area contributed by atoms with Gasteiger partial charge >= 0.3 is 0 Å². The van der Waals surface area contributed by atoms with Crippen LogP contribution in [0.1, 0.15) is 46.5 Å². The number of nitrogens with one attached hydrogen (secondary N) is 1. The van der Waals surface area contributed by atoms with Crippen molar-refractivity contribution in [3.63, 3.8) is 0 Å². The summed E-state index contributed by atoms with van der Waals surface area (Å²) < 4.78 is 0. The van der Waals surface area contributed by atoms with Gasteiger partial charge in [0.15, 0.2) is 0 Å². The molecule has 0 aliphatic carbocycles. The van der Waals surface area contributed by atoms with Crippen molar-refractivity contribution in [3.05, 3.63) is 0 Å². The van der Waals surface area contributed by atoms with Crippen molar-refractivity contribution in [2.75, 3.05) is 5.88 Å². The van der Waals surface area contributed by atoms with Crippen LogP contribution in [0.15, 0.2) is 0 Å². The minimum Gasteiger partial charge on any atom is -0.352 e. The molecule has 14 heavy (non-hydrogen) atoms. The molecule has 0 spiro atoms. The van der Waals surface area contributed by atoms with Gasteiger partial charge in [-0.2, -0.15) is 0 Å². The van der Waals surface area contributed by atoms with Crippen LogP contribution in [-0.4, -0.2) is 17.8 Å². The van der Waals surface area contributed by atoms with Crippen molar-refractivity contribution in [2.45, 2.75) is 52.5 Å². The van der Waals surface area contributed by atoms with Crippen LogP contribution in [0.5, 0.6) is 0 Å². The van der Waals surface area contributed by atoms with Crippen LogP contribution in [0, 0.1) is 5.92 Å². The highest BCUT2D eigenvalue weighted by Gasteiger charge is 2.14. The number of rotatable bonds is 7. The highest BCUT2D eigenvalue weighted by Crippen LogP contribution is 2.05. The zero-order chi connectivity index (χ0) is 11.0. The molecule has 1 amide bonds. The molecule has 0 bridgehead atoms. The number of hydrogen-bond donors (Lipinski definition) is 1. The third-order valence-corrected chi connectivity index (χ3v) is 2.66. The number of carbonyl (C=O) groups is 1. The van der Waals surface area contributed by atoms with Gasteiger partial charge in [-0.15, -0.1) is 11.6 Å². The predicted octanol–water partition coefficient (Wildman–Crippen LogP) is 2.95. The average Bonchev–Trinajstić information content (AvgIpc) is 2.14. The first kappa shape index (κ1) is 13.8. The van der Waals surface area contributed by atoms with Crippen molar-refractivity contribution in [1.29, 1.82) is 0 Å². The summed E-state index contributed by atoms with van der Waals surface area (Å²) in [6, 6.07) is 0.116. The Morgan fingerprint density at radius 3 is 2.43 bits per heavy atom. The lowest BCUT2D eigenvalue weighted by Gasteiger charge is -2.19. The molecule has 0 saturated heterocycles. The lowest BCUT2D eigenvalue weighted by atomic mass is 10.1. The molecule has 0 aromatic carbocycles. The maximum Gasteiger partial charge on any atom is 0.220 e. The summed E-state index contributed by atoms with van der Waals surface area (Å²) in [5.41, 5.74) is 0. The summed E-state index contributed by atoms with van der Waals surface area (Å²) in [6.45, 7) is 6.27. The molecule has 1 unspecified atom stereocenters. The highest BCUT2D eigenvalue weighted by molar-refractivity contribution is 6.18. The first-order valence-corrected chi connectivity index (χ1v) is 6.00. The highest BCUT2D eigenvalue weighted by atomic mass is 35.5. The Balaban J connectivity index is 3.68. The van der Waals surface area contributed by atoms with E-state index >= 15 is 0 Å². The molecule has 0 aliphatic rings. The Bertz CT molecular complexity index is 159. The van der Waals surface area contributed by atoms with E-state index in [4.69, 9.17) is 11.6 Å². The molecule has 0 aromatic heterocycles. The molecule has 0 radical (unpaired) electrons. The Labute approximate surface area is 92.4 Å². The van der Waals surface area contributed by atoms with Gasteiger partial charge in [-0.25, -0.2) is 0 Å². The van der Waals surface area contributed by atoms with Crippen molar-refractivity contribution < 1.29 is 4.79 Å². The van der Waals surface area contributed by atoms with E-state index in [-0.39, 0.29) is 11.9 Å². The van der Waals surface area contributed by atoms with Gasteiger partial charge in [-0.1, -0.05) is 33.6 Å². The first-order valence-electron chi connectivity index (χ1n) is 5.47. The maximum atomic E-state index is 11.4. The fourth-order valence-electron chi connectivity index (χ4n) is 1.20. The van der Waals surface area contributed by atoms with E-state index in [9.17, 15) is 4.79 Å². The van der Waals surface area contributed by atoms with Crippen molar-refractivity contribution in [1.82, 2.24) is 5.32 Å². The van der Waals surface area contributed by atoms with Gasteiger partial charge in [-0.05, 0) is 12.3 Å². The zero-order valence-corrected chi connectivity index (χ0v) is 10.2. The smallest absolute Gasteiger partial charge is 0.220 e. The second-order valence-electron chi connectivity index (χ2n) is 4.03. The molecule has 84 valence electrons. The van der Waals surface area contributed by atoms with E-state index in [1.165, 1.54) is 0 Å². The van der Waals surface area contributed by atoms with E-state index in [2.05, 4.69) is 26.1 Å². The molecule has 0 fully saturated rings. The Morgan fingerprint density at radius 2 is 2.00 bits per heavy atom. The second kappa shape index (κ2) is 8.10. The van der Waals surface area contributed by atoms with Crippen LogP contribution in [0.25, 0.3) is 0 Å². The van der Waals surface area contributed by atoms with Gasteiger partial charge < -0.3 is 5.32 Å². The summed E-state index contributed by atoms with van der Waals surface area (Å²) >= 11 is 5.75. The van der Waals surface area contributed by atoms with Gasteiger partial charge in [0.2, 0.25) is 5.91 Å². The molecule has 0 aliphatic heterocycles. The largest absolute Gasteiger partial charge is 0.352 e. The number of alkyl halides is 1. The van der Waals surface area contributed by atoms with Crippen molar-refractivity contribution in [2.24, 2.45) is 5.92 Å². The molecule has 2 nitrogen and oxygen atoms in total. The number of amides is 1. The van der Waals surface area contributed by atoms with Crippen molar-refractivity contribution >= 4 is 17.5 Å². The number of halogens is 1. The normalized spacial score (nSPS) is 12.9. The number of unbranched alkanes of at least 4 members (excludes halogenated alkanes) is 2. The Morgan fingerprint density at radius 1 is 1.36 bits per heavy atom.